The smallest absolute Gasteiger partial charge is 0.242 e. The Morgan fingerprint density at radius 2 is 1.93 bits per heavy atom. The topological polar surface area (TPSA) is 146 Å². The van der Waals surface area contributed by atoms with Gasteiger partial charge in [0.15, 0.2) is 0 Å². The third kappa shape index (κ3) is 8.03. The van der Waals surface area contributed by atoms with Crippen molar-refractivity contribution >= 4 is 88.4 Å². The van der Waals surface area contributed by atoms with E-state index in [1.165, 1.54) is 28.4 Å². The minimum Gasteiger partial charge on any atom is -0.337 e. The van der Waals surface area contributed by atoms with Crippen molar-refractivity contribution in [3.8, 4) is 0 Å². The van der Waals surface area contributed by atoms with Crippen LogP contribution in [-0.2, 0) is 29.6 Å². The largest absolute Gasteiger partial charge is 0.337 e. The Morgan fingerprint density at radius 3 is 2.62 bits per heavy atom. The summed E-state index contributed by atoms with van der Waals surface area (Å²) in [6.07, 6.45) is 4.65. The summed E-state index contributed by atoms with van der Waals surface area (Å²) in [5.41, 5.74) is 0. The zero-order valence-corrected chi connectivity index (χ0v) is 26.5. The number of likely N-dealkylation sites (tertiary alicyclic amines) is 2. The highest BCUT2D eigenvalue weighted by Crippen LogP contribution is 2.25. The number of halogens is 3. The van der Waals surface area contributed by atoms with Gasteiger partial charge in [-0.2, -0.15) is 4.72 Å². The number of nitrogens with zero attached hydrogens (tertiary/aromatic N) is 3. The van der Waals surface area contributed by atoms with Gasteiger partial charge < -0.3 is 9.80 Å². The molecule has 0 radical (unpaired) electrons. The van der Waals surface area contributed by atoms with Crippen LogP contribution >= 0.6 is 50.5 Å². The van der Waals surface area contributed by atoms with Crippen LogP contribution in [0.25, 0.3) is 6.08 Å². The first-order chi connectivity index (χ1) is 18.8. The first-order valence-electron chi connectivity index (χ1n) is 12.2. The number of hydrogen-bond donors (Lipinski definition) is 2. The van der Waals surface area contributed by atoms with Crippen molar-refractivity contribution in [3.05, 3.63) is 48.6 Å². The van der Waals surface area contributed by atoms with E-state index in [2.05, 4.69) is 30.4 Å². The summed E-state index contributed by atoms with van der Waals surface area (Å²) in [7, 11) is -7.82. The summed E-state index contributed by atoms with van der Waals surface area (Å²) < 4.78 is 56.4. The number of carbonyl (C=O) groups is 2. The van der Waals surface area contributed by atoms with Crippen molar-refractivity contribution < 1.29 is 26.4 Å². The lowest BCUT2D eigenvalue weighted by Gasteiger charge is -2.34. The molecule has 4 rings (SSSR count). The second-order valence-electron chi connectivity index (χ2n) is 9.24. The van der Waals surface area contributed by atoms with Crippen LogP contribution in [0.15, 0.2) is 39.2 Å². The molecule has 0 bridgehead atoms. The lowest BCUT2D eigenvalue weighted by Crippen LogP contribution is -2.55. The van der Waals surface area contributed by atoms with Gasteiger partial charge in [0.25, 0.3) is 0 Å². The molecule has 4 heterocycles. The minimum atomic E-state index is -3.92. The van der Waals surface area contributed by atoms with Crippen molar-refractivity contribution in [2.75, 3.05) is 26.2 Å². The molecule has 2 aromatic rings. The Morgan fingerprint density at radius 1 is 1.18 bits per heavy atom. The Hall–Kier alpha value is -1.59. The third-order valence-electron chi connectivity index (χ3n) is 6.46. The Bertz CT molecular complexity index is 1520. The molecule has 17 heteroatoms. The predicted molar refractivity (Wildman–Crippen MR) is 157 cm³/mol. The van der Waals surface area contributed by atoms with Gasteiger partial charge in [0.05, 0.1) is 15.4 Å². The van der Waals surface area contributed by atoms with E-state index in [-0.39, 0.29) is 29.0 Å². The van der Waals surface area contributed by atoms with Gasteiger partial charge in [-0.15, -0.1) is 11.3 Å². The van der Waals surface area contributed by atoms with Crippen molar-refractivity contribution in [2.24, 2.45) is 0 Å². The van der Waals surface area contributed by atoms with E-state index < -0.39 is 38.0 Å². The van der Waals surface area contributed by atoms with Gasteiger partial charge in [0.1, 0.15) is 16.1 Å². The molecule has 2 fully saturated rings. The van der Waals surface area contributed by atoms with Crippen molar-refractivity contribution in [3.63, 3.8) is 0 Å². The number of carbonyl (C=O) groups excluding carboxylic acids is 2. The highest BCUT2D eigenvalue weighted by atomic mass is 79.9. The number of sulfonamides is 2. The number of amides is 2. The van der Waals surface area contributed by atoms with E-state index in [0.29, 0.717) is 52.5 Å². The number of nitrogens with one attached hydrogen (secondary N) is 2. The molecule has 0 spiro atoms. The molecular formula is C23H26BrCl2N5O6S3. The van der Waals surface area contributed by atoms with Gasteiger partial charge in [0.2, 0.25) is 31.9 Å². The number of thiophene rings is 1. The molecule has 2 saturated heterocycles. The summed E-state index contributed by atoms with van der Waals surface area (Å²) in [5, 5.41) is 1.12. The van der Waals surface area contributed by atoms with E-state index in [4.69, 9.17) is 23.2 Å². The van der Waals surface area contributed by atoms with Crippen LogP contribution in [0.2, 0.25) is 9.49 Å². The van der Waals surface area contributed by atoms with Crippen LogP contribution in [0.4, 0.5) is 0 Å². The molecule has 2 aromatic heterocycles. The maximum atomic E-state index is 13.2. The lowest BCUT2D eigenvalue weighted by molar-refractivity contribution is -0.143. The molecule has 40 heavy (non-hydrogen) atoms. The van der Waals surface area contributed by atoms with Gasteiger partial charge in [-0.1, -0.05) is 23.2 Å². The van der Waals surface area contributed by atoms with Gasteiger partial charge in [-0.3, -0.25) is 9.59 Å². The second kappa shape index (κ2) is 13.2. The predicted octanol–water partition coefficient (Wildman–Crippen LogP) is 3.06. The van der Waals surface area contributed by atoms with Gasteiger partial charge in [-0.05, 0) is 65.9 Å². The molecule has 218 valence electrons. The van der Waals surface area contributed by atoms with Crippen molar-refractivity contribution in [1.29, 1.82) is 0 Å². The van der Waals surface area contributed by atoms with Crippen molar-refractivity contribution in [1.82, 2.24) is 24.2 Å². The fourth-order valence-electron chi connectivity index (χ4n) is 4.49. The molecule has 0 saturated carbocycles. The molecule has 11 nitrogen and oxygen atoms in total. The van der Waals surface area contributed by atoms with Crippen LogP contribution in [0.1, 0.15) is 30.6 Å². The number of pyridine rings is 1. The maximum absolute atomic E-state index is 13.2. The summed E-state index contributed by atoms with van der Waals surface area (Å²) in [5.74, 6) is -0.808. The van der Waals surface area contributed by atoms with E-state index >= 15 is 0 Å². The van der Waals surface area contributed by atoms with E-state index in [1.807, 2.05) is 0 Å². The standard InChI is InChI=1S/C23H26BrCl2N5O6S3/c24-18-11-17(13-27-22(18)26)40(36,37)28-12-15-3-1-9-31(15)21(32)14-30-8-2-4-19(23(30)33)29-39(34,35)10-7-16-5-6-20(25)38-16/h5-7,10-11,13,15,19,28-29H,1-4,8-9,12,14H2/b10-7+. The summed E-state index contributed by atoms with van der Waals surface area (Å²) in [4.78, 5) is 33.6. The normalized spacial score (nSPS) is 20.5. The van der Waals surface area contributed by atoms with Gasteiger partial charge >= 0.3 is 0 Å². The van der Waals surface area contributed by atoms with E-state index in [0.717, 1.165) is 11.6 Å². The van der Waals surface area contributed by atoms with Gasteiger partial charge in [-0.25, -0.2) is 26.5 Å². The number of hydrogen-bond acceptors (Lipinski definition) is 8. The van der Waals surface area contributed by atoms with Crippen LogP contribution in [0, 0.1) is 0 Å². The Balaban J connectivity index is 1.34. The number of aromatic nitrogens is 1. The van der Waals surface area contributed by atoms with Gasteiger partial charge in [0, 0.05) is 42.2 Å². The maximum Gasteiger partial charge on any atom is 0.242 e. The first-order valence-corrected chi connectivity index (χ1v) is 17.6. The summed E-state index contributed by atoms with van der Waals surface area (Å²) in [6, 6.07) is 3.30. The van der Waals surface area contributed by atoms with E-state index in [1.54, 1.807) is 17.0 Å². The van der Waals surface area contributed by atoms with Crippen LogP contribution in [0.3, 0.4) is 0 Å². The third-order valence-corrected chi connectivity index (χ3v) is 11.3. The quantitative estimate of drug-likeness (QED) is 0.360. The molecule has 0 aliphatic carbocycles. The van der Waals surface area contributed by atoms with Crippen molar-refractivity contribution in [2.45, 2.75) is 42.7 Å². The average molecular weight is 716 g/mol. The first kappa shape index (κ1) is 31.3. The molecule has 0 aromatic carbocycles. The minimum absolute atomic E-state index is 0.00746. The summed E-state index contributed by atoms with van der Waals surface area (Å²) in [6.45, 7) is 0.509. The van der Waals surface area contributed by atoms with Crippen LogP contribution in [-0.4, -0.2) is 81.7 Å². The second-order valence-corrected chi connectivity index (χ2v) is 15.6. The van der Waals surface area contributed by atoms with E-state index in [9.17, 15) is 26.4 Å². The molecule has 2 atom stereocenters. The lowest BCUT2D eigenvalue weighted by atomic mass is 10.1. The Kier molecular flexibility index (Phi) is 10.3. The molecule has 2 unspecified atom stereocenters. The number of rotatable bonds is 10. The average Bonchev–Trinajstić information content (AvgIpc) is 3.54. The fraction of sp³-hybridized carbons (Fsp3) is 0.435. The SMILES string of the molecule is O=C1C(NS(=O)(=O)/C=C/c2ccc(Cl)s2)CCCN1CC(=O)N1CCCC1CNS(=O)(=O)c1cnc(Cl)c(Br)c1. The summed E-state index contributed by atoms with van der Waals surface area (Å²) >= 11 is 16.1. The molecule has 2 aliphatic rings. The monoisotopic (exact) mass is 713 g/mol. The zero-order valence-electron chi connectivity index (χ0n) is 20.9. The number of piperidine rings is 1. The molecule has 2 aliphatic heterocycles. The zero-order chi connectivity index (χ0) is 29.1. The molecular weight excluding hydrogens is 689 g/mol. The molecule has 2 amide bonds. The fourth-order valence-corrected chi connectivity index (χ4v) is 8.21. The molecule has 2 N–H and O–H groups in total. The highest BCUT2D eigenvalue weighted by molar-refractivity contribution is 9.10. The van der Waals surface area contributed by atoms with Crippen LogP contribution < -0.4 is 9.44 Å². The Labute approximate surface area is 255 Å². The highest BCUT2D eigenvalue weighted by Gasteiger charge is 2.35. The van der Waals surface area contributed by atoms with Crippen LogP contribution in [0.5, 0.6) is 0 Å².